The number of carbonyl (C=O) groups is 1. The van der Waals surface area contributed by atoms with E-state index in [1.807, 2.05) is 30.5 Å². The fourth-order valence-corrected chi connectivity index (χ4v) is 4.52. The van der Waals surface area contributed by atoms with E-state index < -0.39 is 12.2 Å². The van der Waals surface area contributed by atoms with Crippen molar-refractivity contribution in [2.75, 3.05) is 11.4 Å². The molecule has 2 fully saturated rings. The van der Waals surface area contributed by atoms with E-state index in [0.29, 0.717) is 19.0 Å². The Morgan fingerprint density at radius 1 is 1.13 bits per heavy atom. The zero-order valence-corrected chi connectivity index (χ0v) is 17.2. The highest BCUT2D eigenvalue weighted by molar-refractivity contribution is 5.83. The minimum Gasteiger partial charge on any atom is -0.477 e. The molecule has 3 atom stereocenters. The van der Waals surface area contributed by atoms with Crippen LogP contribution in [0.5, 0.6) is 5.75 Å². The summed E-state index contributed by atoms with van der Waals surface area (Å²) in [6.45, 7) is 1.14. The molecule has 0 spiro atoms. The van der Waals surface area contributed by atoms with E-state index in [1.165, 1.54) is 18.5 Å². The normalized spacial score (nSPS) is 25.9. The van der Waals surface area contributed by atoms with Gasteiger partial charge in [0, 0.05) is 24.4 Å². The van der Waals surface area contributed by atoms with Gasteiger partial charge in [-0.15, -0.1) is 0 Å². The Morgan fingerprint density at radius 2 is 1.97 bits per heavy atom. The molecule has 2 N–H and O–H groups in total. The minimum absolute atomic E-state index is 0.150. The maximum absolute atomic E-state index is 13.0. The summed E-state index contributed by atoms with van der Waals surface area (Å²) >= 11 is 0. The van der Waals surface area contributed by atoms with E-state index in [0.717, 1.165) is 42.7 Å². The van der Waals surface area contributed by atoms with Crippen molar-refractivity contribution in [2.45, 2.75) is 69.2 Å². The summed E-state index contributed by atoms with van der Waals surface area (Å²) in [6, 6.07) is 11.9. The lowest BCUT2D eigenvalue weighted by atomic mass is 9.92. The largest absolute Gasteiger partial charge is 0.477 e. The molecule has 30 heavy (non-hydrogen) atoms. The second-order valence-electron chi connectivity index (χ2n) is 8.79. The SMILES string of the molecule is O=C(NC1CCCCC1O)C1CN(Cc2ccc(C3CC3)nc2)c2ccccc2O1. The summed E-state index contributed by atoms with van der Waals surface area (Å²) in [4.78, 5) is 19.8. The first-order valence-corrected chi connectivity index (χ1v) is 11.1. The molecular weight excluding hydrogens is 378 g/mol. The van der Waals surface area contributed by atoms with E-state index in [-0.39, 0.29) is 11.9 Å². The van der Waals surface area contributed by atoms with Crippen molar-refractivity contribution in [1.29, 1.82) is 0 Å². The predicted molar refractivity (Wildman–Crippen MR) is 115 cm³/mol. The minimum atomic E-state index is -0.604. The number of fused-ring (bicyclic) bond motifs is 1. The molecule has 1 amide bonds. The van der Waals surface area contributed by atoms with Gasteiger partial charge in [0.1, 0.15) is 5.75 Å². The van der Waals surface area contributed by atoms with Crippen molar-refractivity contribution in [3.8, 4) is 5.75 Å². The molecule has 5 rings (SSSR count). The predicted octanol–water partition coefficient (Wildman–Crippen LogP) is 3.15. The van der Waals surface area contributed by atoms with Crippen LogP contribution in [-0.2, 0) is 11.3 Å². The van der Waals surface area contributed by atoms with Crippen molar-refractivity contribution in [2.24, 2.45) is 0 Å². The third-order valence-corrected chi connectivity index (χ3v) is 6.43. The van der Waals surface area contributed by atoms with Gasteiger partial charge >= 0.3 is 0 Å². The van der Waals surface area contributed by atoms with Gasteiger partial charge in [-0.25, -0.2) is 0 Å². The van der Waals surface area contributed by atoms with Gasteiger partial charge < -0.3 is 20.1 Å². The third-order valence-electron chi connectivity index (χ3n) is 6.43. The molecule has 6 nitrogen and oxygen atoms in total. The number of ether oxygens (including phenoxy) is 1. The number of aliphatic hydroxyl groups excluding tert-OH is 1. The Bertz CT molecular complexity index is 897. The summed E-state index contributed by atoms with van der Waals surface area (Å²) < 4.78 is 6.05. The third kappa shape index (κ3) is 4.15. The monoisotopic (exact) mass is 407 g/mol. The van der Waals surface area contributed by atoms with E-state index >= 15 is 0 Å². The van der Waals surface area contributed by atoms with Gasteiger partial charge in [-0.2, -0.15) is 0 Å². The van der Waals surface area contributed by atoms with Gasteiger partial charge in [0.05, 0.1) is 24.4 Å². The molecule has 6 heteroatoms. The highest BCUT2D eigenvalue weighted by Crippen LogP contribution is 2.39. The van der Waals surface area contributed by atoms with Gasteiger partial charge in [-0.3, -0.25) is 9.78 Å². The van der Waals surface area contributed by atoms with Crippen LogP contribution in [0.25, 0.3) is 0 Å². The smallest absolute Gasteiger partial charge is 0.263 e. The van der Waals surface area contributed by atoms with Crippen molar-refractivity contribution in [1.82, 2.24) is 10.3 Å². The van der Waals surface area contributed by atoms with Gasteiger partial charge in [0.2, 0.25) is 0 Å². The lowest BCUT2D eigenvalue weighted by Crippen LogP contribution is -2.54. The molecular formula is C24H29N3O3. The number of nitrogens with one attached hydrogen (secondary N) is 1. The van der Waals surface area contributed by atoms with Crippen LogP contribution in [0.3, 0.4) is 0 Å². The van der Waals surface area contributed by atoms with E-state index in [4.69, 9.17) is 4.74 Å². The molecule has 3 aliphatic rings. The molecule has 1 aromatic heterocycles. The fourth-order valence-electron chi connectivity index (χ4n) is 4.52. The number of benzene rings is 1. The topological polar surface area (TPSA) is 74.7 Å². The molecule has 2 aliphatic carbocycles. The van der Waals surface area contributed by atoms with Crippen LogP contribution >= 0.6 is 0 Å². The molecule has 1 aliphatic heterocycles. The number of aromatic nitrogens is 1. The molecule has 0 saturated heterocycles. The first kappa shape index (κ1) is 19.4. The molecule has 2 heterocycles. The average Bonchev–Trinajstić information content (AvgIpc) is 3.61. The first-order chi connectivity index (χ1) is 14.7. The van der Waals surface area contributed by atoms with Crippen molar-refractivity contribution in [3.63, 3.8) is 0 Å². The first-order valence-electron chi connectivity index (χ1n) is 11.1. The number of rotatable bonds is 5. The Kier molecular flexibility index (Phi) is 5.34. The van der Waals surface area contributed by atoms with Crippen LogP contribution in [0.1, 0.15) is 55.7 Å². The van der Waals surface area contributed by atoms with E-state index in [1.54, 1.807) is 0 Å². The van der Waals surface area contributed by atoms with Crippen molar-refractivity contribution in [3.05, 3.63) is 53.9 Å². The Labute approximate surface area is 177 Å². The lowest BCUT2D eigenvalue weighted by Gasteiger charge is -2.37. The van der Waals surface area contributed by atoms with Crippen LogP contribution < -0.4 is 15.0 Å². The van der Waals surface area contributed by atoms with Crippen LogP contribution in [-0.4, -0.2) is 40.8 Å². The number of para-hydroxylation sites is 2. The van der Waals surface area contributed by atoms with Gasteiger partial charge in [-0.05, 0) is 49.4 Å². The number of hydrogen-bond donors (Lipinski definition) is 2. The molecule has 2 saturated carbocycles. The summed E-state index contributed by atoms with van der Waals surface area (Å²) in [6.07, 6.45) is 6.99. The van der Waals surface area contributed by atoms with Gasteiger partial charge in [-0.1, -0.05) is 31.0 Å². The highest BCUT2D eigenvalue weighted by Gasteiger charge is 2.33. The van der Waals surface area contributed by atoms with Crippen LogP contribution in [0.4, 0.5) is 5.69 Å². The van der Waals surface area contributed by atoms with Gasteiger partial charge in [0.25, 0.3) is 5.91 Å². The van der Waals surface area contributed by atoms with E-state index in [2.05, 4.69) is 27.3 Å². The van der Waals surface area contributed by atoms with Crippen LogP contribution in [0, 0.1) is 0 Å². The standard InChI is InChI=1S/C24H29N3O3/c28-21-7-3-1-5-19(21)26-24(29)23-15-27(20-6-2-4-8-22(20)30-23)14-16-9-12-18(25-13-16)17-10-11-17/h2,4,6,8-9,12-13,17,19,21,23,28H,1,3,5,7,10-11,14-15H2,(H,26,29). The summed E-state index contributed by atoms with van der Waals surface area (Å²) in [5.41, 5.74) is 3.30. The number of amides is 1. The van der Waals surface area contributed by atoms with Crippen molar-refractivity contribution < 1.29 is 14.6 Å². The van der Waals surface area contributed by atoms with Crippen LogP contribution in [0.15, 0.2) is 42.6 Å². The van der Waals surface area contributed by atoms with E-state index in [9.17, 15) is 9.90 Å². The number of pyridine rings is 1. The molecule has 1 aromatic carbocycles. The number of nitrogens with zero attached hydrogens (tertiary/aromatic N) is 2. The second kappa shape index (κ2) is 8.26. The van der Waals surface area contributed by atoms with Crippen molar-refractivity contribution >= 4 is 11.6 Å². The second-order valence-corrected chi connectivity index (χ2v) is 8.79. The molecule has 0 bridgehead atoms. The zero-order chi connectivity index (χ0) is 20.5. The molecule has 158 valence electrons. The zero-order valence-electron chi connectivity index (χ0n) is 17.2. The molecule has 2 aromatic rings. The highest BCUT2D eigenvalue weighted by atomic mass is 16.5. The Balaban J connectivity index is 1.31. The molecule has 3 unspecified atom stereocenters. The Morgan fingerprint density at radius 3 is 2.73 bits per heavy atom. The summed E-state index contributed by atoms with van der Waals surface area (Å²) in [5, 5.41) is 13.2. The number of anilines is 1. The number of carbonyl (C=O) groups excluding carboxylic acids is 1. The Hall–Kier alpha value is -2.60. The summed E-state index contributed by atoms with van der Waals surface area (Å²) in [5.74, 6) is 1.21. The maximum atomic E-state index is 13.0. The lowest BCUT2D eigenvalue weighted by molar-refractivity contribution is -0.129. The number of aliphatic hydroxyl groups is 1. The maximum Gasteiger partial charge on any atom is 0.263 e. The number of hydrogen-bond acceptors (Lipinski definition) is 5. The fraction of sp³-hybridized carbons (Fsp3) is 0.500. The van der Waals surface area contributed by atoms with Gasteiger partial charge in [0.15, 0.2) is 6.10 Å². The molecule has 0 radical (unpaired) electrons. The van der Waals surface area contributed by atoms with Crippen LogP contribution in [0.2, 0.25) is 0 Å². The quantitative estimate of drug-likeness (QED) is 0.797. The average molecular weight is 408 g/mol. The summed E-state index contributed by atoms with van der Waals surface area (Å²) in [7, 11) is 0.